The van der Waals surface area contributed by atoms with Gasteiger partial charge in [-0.1, -0.05) is 60.7 Å². The molecule has 6 nitrogen and oxygen atoms in total. The second-order valence-electron chi connectivity index (χ2n) is 7.17. The first-order chi connectivity index (χ1) is 13.4. The minimum absolute atomic E-state index is 0.0190. The van der Waals surface area contributed by atoms with Crippen molar-refractivity contribution in [2.45, 2.75) is 6.04 Å². The molecule has 0 bridgehead atoms. The summed E-state index contributed by atoms with van der Waals surface area (Å²) >= 11 is 0. The molecule has 0 saturated carbocycles. The Kier molecular flexibility index (Phi) is 6.49. The van der Waals surface area contributed by atoms with Gasteiger partial charge in [0.25, 0.3) is 0 Å². The van der Waals surface area contributed by atoms with E-state index >= 15 is 0 Å². The molecule has 7 heteroatoms. The molecule has 0 aliphatic carbocycles. The molecule has 0 atom stereocenters. The van der Waals surface area contributed by atoms with Gasteiger partial charge in [-0.05, 0) is 11.1 Å². The summed E-state index contributed by atoms with van der Waals surface area (Å²) in [5.74, 6) is 0.0190. The second kappa shape index (κ2) is 8.86. The van der Waals surface area contributed by atoms with E-state index in [1.807, 2.05) is 72.6 Å². The molecule has 28 heavy (non-hydrogen) atoms. The minimum Gasteiger partial charge on any atom is -0.334 e. The first-order valence-electron chi connectivity index (χ1n) is 9.39. The number of amides is 1. The Morgan fingerprint density at radius 1 is 0.929 bits per heavy atom. The lowest BCUT2D eigenvalue weighted by molar-refractivity contribution is -0.132. The molecule has 1 amide bonds. The predicted molar refractivity (Wildman–Crippen MR) is 110 cm³/mol. The molecule has 1 fully saturated rings. The van der Waals surface area contributed by atoms with E-state index < -0.39 is 10.0 Å². The quantitative estimate of drug-likeness (QED) is 0.741. The number of sulfonamides is 1. The highest BCUT2D eigenvalue weighted by Crippen LogP contribution is 2.27. The minimum atomic E-state index is -3.17. The standard InChI is InChI=1S/C21H27N3O3S/c1-22(20(25)17-23-13-15-24(16-14-23)28(2,26)27)21(18-9-5-3-6-10-18)19-11-7-4-8-12-19/h3-12,21H,13-17H2,1-2H3. The van der Waals surface area contributed by atoms with E-state index in [2.05, 4.69) is 0 Å². The lowest BCUT2D eigenvalue weighted by Gasteiger charge is -2.35. The average molecular weight is 402 g/mol. The Hall–Kier alpha value is -2.22. The summed E-state index contributed by atoms with van der Waals surface area (Å²) < 4.78 is 24.8. The smallest absolute Gasteiger partial charge is 0.237 e. The number of carbonyl (C=O) groups excluding carboxylic acids is 1. The summed E-state index contributed by atoms with van der Waals surface area (Å²) in [5.41, 5.74) is 2.12. The van der Waals surface area contributed by atoms with Crippen LogP contribution in [0.3, 0.4) is 0 Å². The zero-order valence-corrected chi connectivity index (χ0v) is 17.2. The summed E-state index contributed by atoms with van der Waals surface area (Å²) in [6, 6.07) is 19.8. The zero-order chi connectivity index (χ0) is 20.1. The lowest BCUT2D eigenvalue weighted by atomic mass is 9.97. The molecule has 3 rings (SSSR count). The van der Waals surface area contributed by atoms with Gasteiger partial charge >= 0.3 is 0 Å². The predicted octanol–water partition coefficient (Wildman–Crippen LogP) is 1.81. The molecular formula is C21H27N3O3S. The van der Waals surface area contributed by atoms with Crippen molar-refractivity contribution in [3.05, 3.63) is 71.8 Å². The number of piperazine rings is 1. The number of hydrogen-bond acceptors (Lipinski definition) is 4. The third-order valence-corrected chi connectivity index (χ3v) is 6.47. The van der Waals surface area contributed by atoms with Crippen molar-refractivity contribution in [2.75, 3.05) is 46.0 Å². The molecule has 0 unspecified atom stereocenters. The lowest BCUT2D eigenvalue weighted by Crippen LogP contribution is -2.51. The van der Waals surface area contributed by atoms with E-state index in [1.54, 1.807) is 4.90 Å². The van der Waals surface area contributed by atoms with E-state index in [9.17, 15) is 13.2 Å². The summed E-state index contributed by atoms with van der Waals surface area (Å²) in [4.78, 5) is 16.8. The van der Waals surface area contributed by atoms with Crippen LogP contribution in [0.1, 0.15) is 17.2 Å². The highest BCUT2D eigenvalue weighted by Gasteiger charge is 2.28. The molecule has 0 aromatic heterocycles. The fourth-order valence-corrected chi connectivity index (χ4v) is 4.40. The number of rotatable bonds is 6. The van der Waals surface area contributed by atoms with Crippen LogP contribution in [0.2, 0.25) is 0 Å². The van der Waals surface area contributed by atoms with Gasteiger partial charge in [0.05, 0.1) is 18.8 Å². The normalized spacial score (nSPS) is 16.2. The highest BCUT2D eigenvalue weighted by molar-refractivity contribution is 7.88. The Bertz CT molecular complexity index is 840. The van der Waals surface area contributed by atoms with Crippen LogP contribution in [0.4, 0.5) is 0 Å². The van der Waals surface area contributed by atoms with Gasteiger partial charge in [-0.3, -0.25) is 9.69 Å². The Morgan fingerprint density at radius 2 is 1.39 bits per heavy atom. The number of hydrogen-bond donors (Lipinski definition) is 0. The first-order valence-corrected chi connectivity index (χ1v) is 11.2. The van der Waals surface area contributed by atoms with Crippen LogP contribution in [0.5, 0.6) is 0 Å². The van der Waals surface area contributed by atoms with E-state index in [1.165, 1.54) is 10.6 Å². The molecule has 0 spiro atoms. The van der Waals surface area contributed by atoms with Gasteiger partial charge in [0, 0.05) is 33.2 Å². The van der Waals surface area contributed by atoms with Gasteiger partial charge in [-0.15, -0.1) is 0 Å². The summed E-state index contributed by atoms with van der Waals surface area (Å²) in [6.45, 7) is 2.26. The molecule has 1 aliphatic heterocycles. The van der Waals surface area contributed by atoms with Gasteiger partial charge in [0.2, 0.25) is 15.9 Å². The first kappa shape index (κ1) is 20.5. The van der Waals surface area contributed by atoms with Crippen molar-refractivity contribution in [2.24, 2.45) is 0 Å². The summed E-state index contributed by atoms with van der Waals surface area (Å²) in [7, 11) is -1.34. The fourth-order valence-electron chi connectivity index (χ4n) is 3.58. The Balaban J connectivity index is 1.71. The van der Waals surface area contributed by atoms with Crippen LogP contribution in [0, 0.1) is 0 Å². The van der Waals surface area contributed by atoms with Crippen molar-refractivity contribution >= 4 is 15.9 Å². The van der Waals surface area contributed by atoms with E-state index in [4.69, 9.17) is 0 Å². The molecule has 2 aromatic rings. The Morgan fingerprint density at radius 3 is 1.82 bits per heavy atom. The van der Waals surface area contributed by atoms with Gasteiger partial charge in [-0.25, -0.2) is 8.42 Å². The van der Waals surface area contributed by atoms with Crippen molar-refractivity contribution < 1.29 is 13.2 Å². The van der Waals surface area contributed by atoms with Gasteiger partial charge < -0.3 is 4.90 Å². The van der Waals surface area contributed by atoms with Crippen molar-refractivity contribution in [3.63, 3.8) is 0 Å². The van der Waals surface area contributed by atoms with E-state index in [0.717, 1.165) is 11.1 Å². The maximum Gasteiger partial charge on any atom is 0.237 e. The molecule has 1 aliphatic rings. The topological polar surface area (TPSA) is 60.9 Å². The summed E-state index contributed by atoms with van der Waals surface area (Å²) in [6.07, 6.45) is 1.23. The third kappa shape index (κ3) is 4.98. The second-order valence-corrected chi connectivity index (χ2v) is 9.15. The van der Waals surface area contributed by atoms with Crippen molar-refractivity contribution in [1.82, 2.24) is 14.1 Å². The van der Waals surface area contributed by atoms with Crippen LogP contribution < -0.4 is 0 Å². The van der Waals surface area contributed by atoms with E-state index in [-0.39, 0.29) is 18.5 Å². The van der Waals surface area contributed by atoms with Crippen molar-refractivity contribution in [3.8, 4) is 0 Å². The van der Waals surface area contributed by atoms with Crippen LogP contribution >= 0.6 is 0 Å². The van der Waals surface area contributed by atoms with E-state index in [0.29, 0.717) is 26.2 Å². The largest absolute Gasteiger partial charge is 0.334 e. The zero-order valence-electron chi connectivity index (χ0n) is 16.4. The third-order valence-electron chi connectivity index (χ3n) is 5.17. The number of nitrogens with zero attached hydrogens (tertiary/aromatic N) is 3. The molecular weight excluding hydrogens is 374 g/mol. The maximum absolute atomic E-state index is 13.0. The Labute approximate surface area is 167 Å². The molecule has 0 N–H and O–H groups in total. The monoisotopic (exact) mass is 401 g/mol. The molecule has 2 aromatic carbocycles. The maximum atomic E-state index is 13.0. The summed E-state index contributed by atoms with van der Waals surface area (Å²) in [5, 5.41) is 0. The molecule has 1 saturated heterocycles. The average Bonchev–Trinajstić information content (AvgIpc) is 2.69. The van der Waals surface area contributed by atoms with Crippen LogP contribution in [0.25, 0.3) is 0 Å². The van der Waals surface area contributed by atoms with Gasteiger partial charge in [0.1, 0.15) is 0 Å². The van der Waals surface area contributed by atoms with Crippen LogP contribution in [0.15, 0.2) is 60.7 Å². The molecule has 150 valence electrons. The van der Waals surface area contributed by atoms with Gasteiger partial charge in [0.15, 0.2) is 0 Å². The van der Waals surface area contributed by atoms with Crippen LogP contribution in [-0.2, 0) is 14.8 Å². The van der Waals surface area contributed by atoms with Crippen LogP contribution in [-0.4, -0.2) is 74.5 Å². The number of carbonyl (C=O) groups is 1. The number of benzene rings is 2. The fraction of sp³-hybridized carbons (Fsp3) is 0.381. The molecule has 1 heterocycles. The SMILES string of the molecule is CN(C(=O)CN1CCN(S(C)(=O)=O)CC1)C(c1ccccc1)c1ccccc1. The highest BCUT2D eigenvalue weighted by atomic mass is 32.2. The molecule has 0 radical (unpaired) electrons. The van der Waals surface area contributed by atoms with Crippen molar-refractivity contribution in [1.29, 1.82) is 0 Å². The number of likely N-dealkylation sites (N-methyl/N-ethyl adjacent to an activating group) is 1. The van der Waals surface area contributed by atoms with Gasteiger partial charge in [-0.2, -0.15) is 4.31 Å².